The van der Waals surface area contributed by atoms with Crippen molar-refractivity contribution in [2.45, 2.75) is 6.92 Å². The Labute approximate surface area is 86.6 Å². The second-order valence-electron chi connectivity index (χ2n) is 2.64. The molecular formula is C10H10N2O3. The van der Waals surface area contributed by atoms with Gasteiger partial charge in [-0.25, -0.2) is 4.79 Å². The average Bonchev–Trinajstić information content (AvgIpc) is 2.28. The van der Waals surface area contributed by atoms with Gasteiger partial charge in [0, 0.05) is 6.20 Å². The molecule has 0 bridgehead atoms. The van der Waals surface area contributed by atoms with E-state index < -0.39 is 17.5 Å². The van der Waals surface area contributed by atoms with Crippen LogP contribution in [0.5, 0.6) is 0 Å². The fourth-order valence-electron chi connectivity index (χ4n) is 0.921. The molecule has 0 atom stereocenters. The molecule has 0 aliphatic carbocycles. The molecule has 1 rings (SSSR count). The van der Waals surface area contributed by atoms with Crippen LogP contribution in [0.1, 0.15) is 17.4 Å². The topological polar surface area (TPSA) is 80.1 Å². The van der Waals surface area contributed by atoms with Gasteiger partial charge in [-0.2, -0.15) is 0 Å². The van der Waals surface area contributed by atoms with E-state index in [2.05, 4.69) is 9.72 Å². The molecule has 15 heavy (non-hydrogen) atoms. The maximum Gasteiger partial charge on any atom is 0.360 e. The summed E-state index contributed by atoms with van der Waals surface area (Å²) >= 11 is 0. The highest BCUT2D eigenvalue weighted by Crippen LogP contribution is 1.97. The maximum atomic E-state index is 11.5. The normalized spacial score (nSPS) is 9.40. The number of hydrogen-bond donors (Lipinski definition) is 1. The van der Waals surface area contributed by atoms with Crippen molar-refractivity contribution >= 4 is 17.5 Å². The van der Waals surface area contributed by atoms with E-state index in [0.29, 0.717) is 0 Å². The number of nitrogens with one attached hydrogen (secondary N) is 1. The second kappa shape index (κ2) is 4.99. The number of esters is 1. The monoisotopic (exact) mass is 206 g/mol. The molecule has 78 valence electrons. The number of Topliss-reactive ketones (excluding diaryl/α,β-unsaturated/α-hetero) is 1. The summed E-state index contributed by atoms with van der Waals surface area (Å²) in [6, 6.07) is 4.69. The number of pyridine rings is 1. The highest BCUT2D eigenvalue weighted by molar-refractivity contribution is 6.66. The number of carbonyl (C=O) groups is 2. The Hall–Kier alpha value is -2.04. The van der Waals surface area contributed by atoms with Gasteiger partial charge >= 0.3 is 5.97 Å². The highest BCUT2D eigenvalue weighted by Gasteiger charge is 2.21. The summed E-state index contributed by atoms with van der Waals surface area (Å²) in [5, 5.41) is 7.28. The Balaban J connectivity index is 2.78. The molecule has 0 saturated carbocycles. The van der Waals surface area contributed by atoms with E-state index in [4.69, 9.17) is 5.41 Å². The summed E-state index contributed by atoms with van der Waals surface area (Å²) in [5.41, 5.74) is -0.633. The van der Waals surface area contributed by atoms with Crippen molar-refractivity contribution in [2.75, 3.05) is 6.61 Å². The van der Waals surface area contributed by atoms with Gasteiger partial charge in [-0.15, -0.1) is 0 Å². The van der Waals surface area contributed by atoms with Crippen molar-refractivity contribution in [1.29, 1.82) is 5.41 Å². The van der Waals surface area contributed by atoms with Crippen LogP contribution in [0, 0.1) is 5.41 Å². The Kier molecular flexibility index (Phi) is 3.68. The number of aromatic nitrogens is 1. The van der Waals surface area contributed by atoms with E-state index in [1.165, 1.54) is 12.3 Å². The van der Waals surface area contributed by atoms with Crippen molar-refractivity contribution in [2.24, 2.45) is 0 Å². The first-order valence-corrected chi connectivity index (χ1v) is 4.38. The highest BCUT2D eigenvalue weighted by atomic mass is 16.5. The summed E-state index contributed by atoms with van der Waals surface area (Å²) in [6.45, 7) is 1.74. The van der Waals surface area contributed by atoms with E-state index in [1.807, 2.05) is 0 Å². The minimum Gasteiger partial charge on any atom is -0.461 e. The largest absolute Gasteiger partial charge is 0.461 e. The number of ketones is 1. The molecule has 5 heteroatoms. The zero-order valence-electron chi connectivity index (χ0n) is 8.19. The second-order valence-corrected chi connectivity index (χ2v) is 2.64. The van der Waals surface area contributed by atoms with E-state index in [-0.39, 0.29) is 12.3 Å². The predicted molar refractivity (Wildman–Crippen MR) is 52.9 cm³/mol. The first kappa shape index (κ1) is 11.0. The molecule has 0 amide bonds. The maximum absolute atomic E-state index is 11.5. The molecular weight excluding hydrogens is 196 g/mol. The number of carbonyl (C=O) groups excluding carboxylic acids is 2. The molecule has 0 spiro atoms. The average molecular weight is 206 g/mol. The van der Waals surface area contributed by atoms with Gasteiger partial charge in [0.2, 0.25) is 5.78 Å². The van der Waals surface area contributed by atoms with Gasteiger partial charge in [-0.05, 0) is 19.1 Å². The number of rotatable bonds is 4. The minimum absolute atomic E-state index is 0.0653. The Morgan fingerprint density at radius 3 is 2.73 bits per heavy atom. The molecule has 0 fully saturated rings. The third kappa shape index (κ3) is 2.70. The van der Waals surface area contributed by atoms with Crippen molar-refractivity contribution in [3.05, 3.63) is 30.1 Å². The molecule has 1 N–H and O–H groups in total. The molecule has 0 aliphatic heterocycles. The lowest BCUT2D eigenvalue weighted by atomic mass is 10.2. The van der Waals surface area contributed by atoms with Crippen LogP contribution in [0.15, 0.2) is 24.4 Å². The van der Waals surface area contributed by atoms with Crippen molar-refractivity contribution in [1.82, 2.24) is 4.98 Å². The number of hydrogen-bond acceptors (Lipinski definition) is 5. The van der Waals surface area contributed by atoms with Gasteiger partial charge in [-0.1, -0.05) is 6.07 Å². The van der Waals surface area contributed by atoms with E-state index >= 15 is 0 Å². The van der Waals surface area contributed by atoms with Crippen molar-refractivity contribution in [3.63, 3.8) is 0 Å². The minimum atomic E-state index is -0.923. The molecule has 1 aromatic rings. The Bertz CT molecular complexity index is 387. The summed E-state index contributed by atoms with van der Waals surface area (Å²) in [6.07, 6.45) is 1.42. The summed E-state index contributed by atoms with van der Waals surface area (Å²) < 4.78 is 4.53. The first-order chi connectivity index (χ1) is 7.16. The third-order valence-corrected chi connectivity index (χ3v) is 1.60. The van der Waals surface area contributed by atoms with E-state index in [0.717, 1.165) is 0 Å². The van der Waals surface area contributed by atoms with Crippen molar-refractivity contribution in [3.8, 4) is 0 Å². The Morgan fingerprint density at radius 1 is 1.47 bits per heavy atom. The lowest BCUT2D eigenvalue weighted by Crippen LogP contribution is -2.26. The van der Waals surface area contributed by atoms with Gasteiger partial charge in [0.25, 0.3) is 0 Å². The molecule has 0 aromatic carbocycles. The van der Waals surface area contributed by atoms with Crippen LogP contribution in [-0.2, 0) is 9.53 Å². The lowest BCUT2D eigenvalue weighted by Gasteiger charge is -2.01. The van der Waals surface area contributed by atoms with Crippen LogP contribution in [0.25, 0.3) is 0 Å². The molecule has 0 aliphatic rings. The molecule has 0 unspecified atom stereocenters. The van der Waals surface area contributed by atoms with E-state index in [9.17, 15) is 9.59 Å². The van der Waals surface area contributed by atoms with Gasteiger partial charge in [0.05, 0.1) is 6.61 Å². The van der Waals surface area contributed by atoms with Crippen LogP contribution in [0.2, 0.25) is 0 Å². The van der Waals surface area contributed by atoms with Crippen molar-refractivity contribution < 1.29 is 14.3 Å². The molecule has 0 saturated heterocycles. The standard InChI is InChI=1S/C10H10N2O3/c1-2-15-10(14)8(11)9(13)7-5-3-4-6-12-7/h3-6,11H,2H2,1H3. The summed E-state index contributed by atoms with van der Waals surface area (Å²) in [4.78, 5) is 26.3. The molecule has 1 aromatic heterocycles. The van der Waals surface area contributed by atoms with Crippen LogP contribution in [0.3, 0.4) is 0 Å². The fraction of sp³-hybridized carbons (Fsp3) is 0.200. The predicted octanol–water partition coefficient (Wildman–Crippen LogP) is 0.847. The zero-order chi connectivity index (χ0) is 11.3. The first-order valence-electron chi connectivity index (χ1n) is 4.38. The van der Waals surface area contributed by atoms with Gasteiger partial charge in [0.1, 0.15) is 5.69 Å². The third-order valence-electron chi connectivity index (χ3n) is 1.60. The van der Waals surface area contributed by atoms with Crippen LogP contribution in [-0.4, -0.2) is 29.1 Å². The number of nitrogens with zero attached hydrogens (tertiary/aromatic N) is 1. The SMILES string of the molecule is CCOC(=O)C(=N)C(=O)c1ccccn1. The van der Waals surface area contributed by atoms with Gasteiger partial charge < -0.3 is 4.74 Å². The van der Waals surface area contributed by atoms with Gasteiger partial charge in [0.15, 0.2) is 5.71 Å². The van der Waals surface area contributed by atoms with E-state index in [1.54, 1.807) is 19.1 Å². The van der Waals surface area contributed by atoms with Crippen LogP contribution in [0.4, 0.5) is 0 Å². The van der Waals surface area contributed by atoms with Crippen LogP contribution >= 0.6 is 0 Å². The number of ether oxygens (including phenoxy) is 1. The smallest absolute Gasteiger partial charge is 0.360 e. The summed E-state index contributed by atoms with van der Waals surface area (Å²) in [7, 11) is 0. The summed E-state index contributed by atoms with van der Waals surface area (Å²) in [5.74, 6) is -1.65. The lowest BCUT2D eigenvalue weighted by molar-refractivity contribution is -0.134. The quantitative estimate of drug-likeness (QED) is 0.342. The zero-order valence-corrected chi connectivity index (χ0v) is 8.19. The van der Waals surface area contributed by atoms with Crippen LogP contribution < -0.4 is 0 Å². The molecule has 0 radical (unpaired) electrons. The van der Waals surface area contributed by atoms with Gasteiger partial charge in [-0.3, -0.25) is 15.2 Å². The molecule has 5 nitrogen and oxygen atoms in total. The Morgan fingerprint density at radius 2 is 2.20 bits per heavy atom. The molecule has 1 heterocycles. The fourth-order valence-corrected chi connectivity index (χ4v) is 0.921.